The standard InChI is InChI=1S/C22H23N3O5/c1-4-10-24-19(21(27)25(22(24)28)16-8-6-5-7-9-16)14-20(26)23-15-11-17(29-2)13-18(12-15)30-3/h4-9,11-13,19H,1,10,14H2,2-3H3,(H,23,26). The molecule has 8 heteroatoms. The summed E-state index contributed by atoms with van der Waals surface area (Å²) in [4.78, 5) is 41.0. The number of nitrogens with zero attached hydrogens (tertiary/aromatic N) is 2. The summed E-state index contributed by atoms with van der Waals surface area (Å²) in [5, 5.41) is 2.74. The van der Waals surface area contributed by atoms with Gasteiger partial charge in [0.05, 0.1) is 26.3 Å². The molecule has 1 aliphatic heterocycles. The first-order valence-electron chi connectivity index (χ1n) is 9.32. The highest BCUT2D eigenvalue weighted by atomic mass is 16.5. The fourth-order valence-electron chi connectivity index (χ4n) is 3.26. The molecule has 3 rings (SSSR count). The van der Waals surface area contributed by atoms with Crippen LogP contribution in [0.2, 0.25) is 0 Å². The molecule has 156 valence electrons. The molecule has 0 spiro atoms. The number of carbonyl (C=O) groups is 3. The predicted molar refractivity (Wildman–Crippen MR) is 113 cm³/mol. The van der Waals surface area contributed by atoms with E-state index >= 15 is 0 Å². The number of nitrogens with one attached hydrogen (secondary N) is 1. The molecule has 2 aromatic carbocycles. The lowest BCUT2D eigenvalue weighted by molar-refractivity contribution is -0.124. The lowest BCUT2D eigenvalue weighted by Gasteiger charge is -2.19. The Hall–Kier alpha value is -3.81. The third-order valence-corrected chi connectivity index (χ3v) is 4.67. The van der Waals surface area contributed by atoms with Gasteiger partial charge in [-0.25, -0.2) is 9.69 Å². The molecule has 1 N–H and O–H groups in total. The van der Waals surface area contributed by atoms with Gasteiger partial charge in [0, 0.05) is 30.4 Å². The zero-order valence-electron chi connectivity index (χ0n) is 16.8. The van der Waals surface area contributed by atoms with Gasteiger partial charge in [0.2, 0.25) is 5.91 Å². The number of rotatable bonds is 8. The third-order valence-electron chi connectivity index (χ3n) is 4.67. The first-order chi connectivity index (χ1) is 14.5. The van der Waals surface area contributed by atoms with E-state index in [1.165, 1.54) is 25.2 Å². The second kappa shape index (κ2) is 9.13. The van der Waals surface area contributed by atoms with Gasteiger partial charge in [-0.05, 0) is 12.1 Å². The highest BCUT2D eigenvalue weighted by molar-refractivity contribution is 6.22. The minimum atomic E-state index is -0.928. The zero-order chi connectivity index (χ0) is 21.7. The maximum atomic E-state index is 13.0. The van der Waals surface area contributed by atoms with Crippen molar-refractivity contribution in [3.8, 4) is 11.5 Å². The van der Waals surface area contributed by atoms with Gasteiger partial charge < -0.3 is 19.7 Å². The number of carbonyl (C=O) groups excluding carboxylic acids is 3. The minimum absolute atomic E-state index is 0.152. The highest BCUT2D eigenvalue weighted by Gasteiger charge is 2.46. The van der Waals surface area contributed by atoms with Crippen molar-refractivity contribution < 1.29 is 23.9 Å². The van der Waals surface area contributed by atoms with Crippen LogP contribution in [0.5, 0.6) is 11.5 Å². The van der Waals surface area contributed by atoms with Crippen LogP contribution in [0.25, 0.3) is 0 Å². The van der Waals surface area contributed by atoms with Gasteiger partial charge in [-0.15, -0.1) is 6.58 Å². The Morgan fingerprint density at radius 3 is 2.30 bits per heavy atom. The SMILES string of the molecule is C=CCN1C(=O)N(c2ccccc2)C(=O)C1CC(=O)Nc1cc(OC)cc(OC)c1. The topological polar surface area (TPSA) is 88.2 Å². The molecule has 2 aromatic rings. The predicted octanol–water partition coefficient (Wildman–Crippen LogP) is 3.06. The Balaban J connectivity index is 1.80. The second-order valence-electron chi connectivity index (χ2n) is 6.60. The third kappa shape index (κ3) is 4.27. The van der Waals surface area contributed by atoms with Crippen molar-refractivity contribution in [3.05, 3.63) is 61.2 Å². The normalized spacial score (nSPS) is 15.9. The van der Waals surface area contributed by atoms with E-state index in [2.05, 4.69) is 11.9 Å². The zero-order valence-corrected chi connectivity index (χ0v) is 16.8. The number of hydrogen-bond donors (Lipinski definition) is 1. The smallest absolute Gasteiger partial charge is 0.332 e. The van der Waals surface area contributed by atoms with Crippen LogP contribution in [-0.4, -0.2) is 49.6 Å². The molecule has 4 amide bonds. The van der Waals surface area contributed by atoms with Crippen LogP contribution >= 0.6 is 0 Å². The van der Waals surface area contributed by atoms with E-state index in [9.17, 15) is 14.4 Å². The Kier molecular flexibility index (Phi) is 6.36. The van der Waals surface area contributed by atoms with Gasteiger partial charge >= 0.3 is 6.03 Å². The molecule has 1 unspecified atom stereocenters. The summed E-state index contributed by atoms with van der Waals surface area (Å²) in [6, 6.07) is 12.2. The Bertz CT molecular complexity index is 938. The number of urea groups is 1. The Labute approximate surface area is 174 Å². The molecule has 1 heterocycles. The van der Waals surface area contributed by atoms with Crippen molar-refractivity contribution in [1.29, 1.82) is 0 Å². The number of ether oxygens (including phenoxy) is 2. The Morgan fingerprint density at radius 1 is 1.10 bits per heavy atom. The van der Waals surface area contributed by atoms with Crippen LogP contribution in [0.4, 0.5) is 16.2 Å². The van der Waals surface area contributed by atoms with Gasteiger partial charge in [0.25, 0.3) is 5.91 Å². The van der Waals surface area contributed by atoms with Gasteiger partial charge in [0.15, 0.2) is 0 Å². The van der Waals surface area contributed by atoms with Crippen molar-refractivity contribution in [1.82, 2.24) is 4.90 Å². The fraction of sp³-hybridized carbons (Fsp3) is 0.227. The fourth-order valence-corrected chi connectivity index (χ4v) is 3.26. The average molecular weight is 409 g/mol. The summed E-state index contributed by atoms with van der Waals surface area (Å²) in [6.07, 6.45) is 1.33. The van der Waals surface area contributed by atoms with Gasteiger partial charge in [-0.3, -0.25) is 9.59 Å². The van der Waals surface area contributed by atoms with Crippen LogP contribution in [-0.2, 0) is 9.59 Å². The van der Waals surface area contributed by atoms with E-state index in [1.54, 1.807) is 48.5 Å². The molecular formula is C22H23N3O5. The molecule has 30 heavy (non-hydrogen) atoms. The number of methoxy groups -OCH3 is 2. The number of imide groups is 1. The molecular weight excluding hydrogens is 386 g/mol. The lowest BCUT2D eigenvalue weighted by Crippen LogP contribution is -2.38. The number of anilines is 2. The molecule has 0 aromatic heterocycles. The van der Waals surface area contributed by atoms with E-state index in [1.807, 2.05) is 0 Å². The van der Waals surface area contributed by atoms with Gasteiger partial charge in [-0.2, -0.15) is 0 Å². The van der Waals surface area contributed by atoms with E-state index in [-0.39, 0.29) is 13.0 Å². The molecule has 8 nitrogen and oxygen atoms in total. The van der Waals surface area contributed by atoms with Crippen molar-refractivity contribution in [3.63, 3.8) is 0 Å². The van der Waals surface area contributed by atoms with Gasteiger partial charge in [-0.1, -0.05) is 24.3 Å². The van der Waals surface area contributed by atoms with Crippen LogP contribution < -0.4 is 19.7 Å². The lowest BCUT2D eigenvalue weighted by atomic mass is 10.1. The van der Waals surface area contributed by atoms with Crippen molar-refractivity contribution in [2.24, 2.45) is 0 Å². The van der Waals surface area contributed by atoms with Gasteiger partial charge in [0.1, 0.15) is 17.5 Å². The number of benzene rings is 2. The molecule has 1 atom stereocenters. The summed E-state index contributed by atoms with van der Waals surface area (Å²) in [7, 11) is 3.02. The van der Waals surface area contributed by atoms with Crippen LogP contribution in [0.1, 0.15) is 6.42 Å². The van der Waals surface area contributed by atoms with Crippen molar-refractivity contribution in [2.75, 3.05) is 31.0 Å². The molecule has 1 aliphatic rings. The summed E-state index contributed by atoms with van der Waals surface area (Å²) in [5.41, 5.74) is 0.921. The van der Waals surface area contributed by atoms with Crippen molar-refractivity contribution >= 4 is 29.2 Å². The minimum Gasteiger partial charge on any atom is -0.497 e. The number of hydrogen-bond acceptors (Lipinski definition) is 5. The molecule has 0 saturated carbocycles. The molecule has 1 fully saturated rings. The monoisotopic (exact) mass is 409 g/mol. The van der Waals surface area contributed by atoms with E-state index in [0.29, 0.717) is 22.9 Å². The van der Waals surface area contributed by atoms with E-state index in [0.717, 1.165) is 4.90 Å². The molecule has 0 bridgehead atoms. The summed E-state index contributed by atoms with van der Waals surface area (Å²) in [5.74, 6) is 0.160. The second-order valence-corrected chi connectivity index (χ2v) is 6.60. The summed E-state index contributed by atoms with van der Waals surface area (Å²) >= 11 is 0. The summed E-state index contributed by atoms with van der Waals surface area (Å²) < 4.78 is 10.4. The van der Waals surface area contributed by atoms with Crippen molar-refractivity contribution in [2.45, 2.75) is 12.5 Å². The van der Waals surface area contributed by atoms with Crippen LogP contribution in [0.3, 0.4) is 0 Å². The molecule has 1 saturated heterocycles. The molecule has 0 radical (unpaired) electrons. The quantitative estimate of drug-likeness (QED) is 0.535. The average Bonchev–Trinajstić information content (AvgIpc) is 2.98. The largest absolute Gasteiger partial charge is 0.497 e. The maximum Gasteiger partial charge on any atom is 0.332 e. The van der Waals surface area contributed by atoms with Crippen LogP contribution in [0.15, 0.2) is 61.2 Å². The number of amides is 4. The maximum absolute atomic E-state index is 13.0. The van der Waals surface area contributed by atoms with E-state index in [4.69, 9.17) is 9.47 Å². The first-order valence-corrected chi connectivity index (χ1v) is 9.32. The van der Waals surface area contributed by atoms with Crippen LogP contribution in [0, 0.1) is 0 Å². The number of para-hydroxylation sites is 1. The highest BCUT2D eigenvalue weighted by Crippen LogP contribution is 2.28. The summed E-state index contributed by atoms with van der Waals surface area (Å²) in [6.45, 7) is 3.80. The van der Waals surface area contributed by atoms with E-state index < -0.39 is 23.9 Å². The molecule has 0 aliphatic carbocycles. The Morgan fingerprint density at radius 2 is 1.73 bits per heavy atom. The first kappa shape index (κ1) is 20.9.